The van der Waals surface area contributed by atoms with Gasteiger partial charge in [-0.2, -0.15) is 0 Å². The molecule has 2 aromatic rings. The molecule has 4 rings (SSSR count). The predicted octanol–water partition coefficient (Wildman–Crippen LogP) is 4.84. The molecular formula is C28H34N2O5. The first-order valence-corrected chi connectivity index (χ1v) is 12.4. The molecule has 2 aliphatic carbocycles. The number of hydrogen-bond acceptors (Lipinski definition) is 4. The number of alkyl carbamates (subject to hydrolysis) is 1. The van der Waals surface area contributed by atoms with Crippen molar-refractivity contribution in [2.24, 2.45) is 5.92 Å². The number of carbonyl (C=O) groups excluding carboxylic acids is 2. The fraction of sp³-hybridized carbons (Fsp3) is 0.464. The number of benzene rings is 2. The maximum absolute atomic E-state index is 12.4. The van der Waals surface area contributed by atoms with Crippen LogP contribution in [0.25, 0.3) is 11.1 Å². The highest BCUT2D eigenvalue weighted by molar-refractivity contribution is 5.79. The molecule has 35 heavy (non-hydrogen) atoms. The molecule has 3 N–H and O–H groups in total. The first-order valence-electron chi connectivity index (χ1n) is 12.4. The fourth-order valence-electron chi connectivity index (χ4n) is 5.19. The molecule has 2 atom stereocenters. The largest absolute Gasteiger partial charge is 0.481 e. The molecule has 186 valence electrons. The Bertz CT molecular complexity index is 1050. The van der Waals surface area contributed by atoms with Crippen LogP contribution in [0.4, 0.5) is 4.79 Å². The highest BCUT2D eigenvalue weighted by Crippen LogP contribution is 2.44. The Morgan fingerprint density at radius 2 is 1.66 bits per heavy atom. The van der Waals surface area contributed by atoms with Crippen LogP contribution in [0.5, 0.6) is 0 Å². The molecule has 0 heterocycles. The summed E-state index contributed by atoms with van der Waals surface area (Å²) < 4.78 is 5.59. The van der Waals surface area contributed by atoms with E-state index in [0.717, 1.165) is 12.8 Å². The number of carboxylic acids is 1. The van der Waals surface area contributed by atoms with E-state index in [2.05, 4.69) is 34.9 Å². The third-order valence-corrected chi connectivity index (χ3v) is 7.17. The number of aliphatic carboxylic acids is 1. The number of nitrogens with one attached hydrogen (secondary N) is 2. The normalized spacial score (nSPS) is 17.0. The quantitative estimate of drug-likeness (QED) is 0.429. The van der Waals surface area contributed by atoms with Crippen LogP contribution >= 0.6 is 0 Å². The molecule has 2 unspecified atom stereocenters. The highest BCUT2D eigenvalue weighted by atomic mass is 16.5. The van der Waals surface area contributed by atoms with Gasteiger partial charge < -0.3 is 20.5 Å². The standard InChI is InChI=1S/C28H34N2O5/c1-18(8-7-13-25(31)30-28(2,16-26(32)33)19-14-15-19)29-27(34)35-17-24-22-11-5-3-9-20(22)21-10-4-6-12-23(21)24/h3-6,9-12,18-19,24H,7-8,13-17H2,1-2H3,(H,29,34)(H,30,31)(H,32,33). The summed E-state index contributed by atoms with van der Waals surface area (Å²) in [6.07, 6.45) is 2.87. The van der Waals surface area contributed by atoms with Crippen LogP contribution in [-0.2, 0) is 14.3 Å². The summed E-state index contributed by atoms with van der Waals surface area (Å²) in [6.45, 7) is 3.97. The van der Waals surface area contributed by atoms with Crippen LogP contribution < -0.4 is 10.6 Å². The van der Waals surface area contributed by atoms with E-state index < -0.39 is 17.6 Å². The van der Waals surface area contributed by atoms with Gasteiger partial charge in [-0.15, -0.1) is 0 Å². The Morgan fingerprint density at radius 1 is 1.06 bits per heavy atom. The van der Waals surface area contributed by atoms with E-state index in [1.54, 1.807) is 0 Å². The number of rotatable bonds is 11. The Labute approximate surface area is 206 Å². The Morgan fingerprint density at radius 3 is 2.23 bits per heavy atom. The molecule has 7 nitrogen and oxygen atoms in total. The Hall–Kier alpha value is -3.35. The summed E-state index contributed by atoms with van der Waals surface area (Å²) in [5.74, 6) is -0.801. The Kier molecular flexibility index (Phi) is 7.43. The number of carboxylic acid groups (broad SMARTS) is 1. The summed E-state index contributed by atoms with van der Waals surface area (Å²) in [5.41, 5.74) is 4.02. The lowest BCUT2D eigenvalue weighted by Crippen LogP contribution is -2.49. The van der Waals surface area contributed by atoms with E-state index in [-0.39, 0.29) is 36.8 Å². The molecule has 2 aliphatic rings. The second-order valence-corrected chi connectivity index (χ2v) is 10.1. The minimum Gasteiger partial charge on any atom is -0.481 e. The van der Waals surface area contributed by atoms with Gasteiger partial charge in [-0.1, -0.05) is 48.5 Å². The minimum absolute atomic E-state index is 0.0127. The van der Waals surface area contributed by atoms with Crippen molar-refractivity contribution in [3.05, 3.63) is 59.7 Å². The van der Waals surface area contributed by atoms with E-state index in [1.165, 1.54) is 22.3 Å². The van der Waals surface area contributed by atoms with Crippen molar-refractivity contribution in [2.45, 2.75) is 69.9 Å². The van der Waals surface area contributed by atoms with Gasteiger partial charge in [0.15, 0.2) is 0 Å². The molecule has 0 aromatic heterocycles. The number of fused-ring (bicyclic) bond motifs is 3. The zero-order valence-electron chi connectivity index (χ0n) is 20.4. The van der Waals surface area contributed by atoms with E-state index >= 15 is 0 Å². The average molecular weight is 479 g/mol. The van der Waals surface area contributed by atoms with Crippen molar-refractivity contribution in [3.8, 4) is 11.1 Å². The Balaban J connectivity index is 1.20. The van der Waals surface area contributed by atoms with E-state index in [1.807, 2.05) is 38.1 Å². The number of hydrogen-bond donors (Lipinski definition) is 3. The van der Waals surface area contributed by atoms with Crippen LogP contribution in [0.2, 0.25) is 0 Å². The summed E-state index contributed by atoms with van der Waals surface area (Å²) in [4.78, 5) is 36.0. The van der Waals surface area contributed by atoms with Gasteiger partial charge in [-0.25, -0.2) is 4.79 Å². The van der Waals surface area contributed by atoms with Crippen LogP contribution in [0.3, 0.4) is 0 Å². The van der Waals surface area contributed by atoms with Gasteiger partial charge in [0.1, 0.15) is 6.61 Å². The molecule has 0 bridgehead atoms. The first-order chi connectivity index (χ1) is 16.8. The number of amides is 2. The molecule has 2 amide bonds. The summed E-state index contributed by atoms with van der Waals surface area (Å²) in [5, 5.41) is 15.0. The van der Waals surface area contributed by atoms with E-state index in [0.29, 0.717) is 19.3 Å². The van der Waals surface area contributed by atoms with Gasteiger partial charge in [-0.3, -0.25) is 9.59 Å². The molecule has 0 aliphatic heterocycles. The minimum atomic E-state index is -0.902. The molecule has 0 spiro atoms. The maximum Gasteiger partial charge on any atom is 0.407 e. The zero-order chi connectivity index (χ0) is 25.0. The van der Waals surface area contributed by atoms with Crippen molar-refractivity contribution in [3.63, 3.8) is 0 Å². The molecule has 7 heteroatoms. The van der Waals surface area contributed by atoms with Crippen molar-refractivity contribution >= 4 is 18.0 Å². The predicted molar refractivity (Wildman–Crippen MR) is 133 cm³/mol. The SMILES string of the molecule is CC(CCCC(=O)NC(C)(CC(=O)O)C1CC1)NC(=O)OCC1c2ccccc2-c2ccccc21. The molecular weight excluding hydrogens is 444 g/mol. The average Bonchev–Trinajstić information content (AvgIpc) is 3.61. The van der Waals surface area contributed by atoms with Crippen molar-refractivity contribution in [1.82, 2.24) is 10.6 Å². The lowest BCUT2D eigenvalue weighted by molar-refractivity contribution is -0.139. The molecule has 0 saturated heterocycles. The van der Waals surface area contributed by atoms with Crippen molar-refractivity contribution in [2.75, 3.05) is 6.61 Å². The van der Waals surface area contributed by atoms with E-state index in [9.17, 15) is 19.5 Å². The summed E-state index contributed by atoms with van der Waals surface area (Å²) in [6, 6.07) is 16.3. The second kappa shape index (κ2) is 10.5. The van der Waals surface area contributed by atoms with Crippen LogP contribution in [0.15, 0.2) is 48.5 Å². The zero-order valence-corrected chi connectivity index (χ0v) is 20.4. The van der Waals surface area contributed by atoms with Gasteiger partial charge in [0.05, 0.1) is 12.0 Å². The smallest absolute Gasteiger partial charge is 0.407 e. The van der Waals surface area contributed by atoms with Crippen molar-refractivity contribution in [1.29, 1.82) is 0 Å². The topological polar surface area (TPSA) is 105 Å². The van der Waals surface area contributed by atoms with Crippen LogP contribution in [-0.4, -0.2) is 41.3 Å². The lowest BCUT2D eigenvalue weighted by Gasteiger charge is -2.29. The number of ether oxygens (including phenoxy) is 1. The maximum atomic E-state index is 12.4. The van der Waals surface area contributed by atoms with Crippen molar-refractivity contribution < 1.29 is 24.2 Å². The monoisotopic (exact) mass is 478 g/mol. The van der Waals surface area contributed by atoms with Gasteiger partial charge in [0, 0.05) is 18.4 Å². The molecule has 2 aromatic carbocycles. The van der Waals surface area contributed by atoms with Gasteiger partial charge in [-0.05, 0) is 67.7 Å². The summed E-state index contributed by atoms with van der Waals surface area (Å²) >= 11 is 0. The second-order valence-electron chi connectivity index (χ2n) is 10.1. The van der Waals surface area contributed by atoms with Gasteiger partial charge in [0.25, 0.3) is 0 Å². The third-order valence-electron chi connectivity index (χ3n) is 7.17. The highest BCUT2D eigenvalue weighted by Gasteiger charge is 2.43. The molecule has 1 fully saturated rings. The summed E-state index contributed by atoms with van der Waals surface area (Å²) in [7, 11) is 0. The molecule has 1 saturated carbocycles. The number of carbonyl (C=O) groups is 3. The molecule has 0 radical (unpaired) electrons. The first kappa shape index (κ1) is 24.8. The van der Waals surface area contributed by atoms with Gasteiger partial charge >= 0.3 is 12.1 Å². The lowest BCUT2D eigenvalue weighted by atomic mass is 9.91. The third kappa shape index (κ3) is 6.02. The van der Waals surface area contributed by atoms with Crippen LogP contribution in [0.1, 0.15) is 69.4 Å². The van der Waals surface area contributed by atoms with Gasteiger partial charge in [0.2, 0.25) is 5.91 Å². The van der Waals surface area contributed by atoms with Crippen LogP contribution in [0, 0.1) is 5.92 Å². The van der Waals surface area contributed by atoms with E-state index in [4.69, 9.17) is 4.74 Å². The fourth-order valence-corrected chi connectivity index (χ4v) is 5.19.